The predicted octanol–water partition coefficient (Wildman–Crippen LogP) is 3.99. The van der Waals surface area contributed by atoms with Crippen molar-refractivity contribution in [3.63, 3.8) is 0 Å². The molecule has 0 bridgehead atoms. The first-order chi connectivity index (χ1) is 10.1. The Bertz CT molecular complexity index is 463. The number of hydrogen-bond donors (Lipinski definition) is 1. The summed E-state index contributed by atoms with van der Waals surface area (Å²) in [7, 11) is 1.65. The van der Waals surface area contributed by atoms with Gasteiger partial charge < -0.3 is 14.8 Å². The zero-order valence-electron chi connectivity index (χ0n) is 13.0. The maximum atomic E-state index is 11.1. The minimum Gasteiger partial charge on any atom is -0.490 e. The second-order valence-electron chi connectivity index (χ2n) is 4.73. The molecule has 0 aromatic heterocycles. The highest BCUT2D eigenvalue weighted by Crippen LogP contribution is 2.38. The van der Waals surface area contributed by atoms with Crippen molar-refractivity contribution in [3.8, 4) is 11.5 Å². The Morgan fingerprint density at radius 2 is 1.62 bits per heavy atom. The van der Waals surface area contributed by atoms with Crippen molar-refractivity contribution in [2.75, 3.05) is 25.6 Å². The van der Waals surface area contributed by atoms with E-state index >= 15 is 0 Å². The van der Waals surface area contributed by atoms with Crippen LogP contribution >= 0.6 is 0 Å². The standard InChI is InChI=1S/C15H24N2O4/c1-4-6-8-20-14-10-12(16-3)13(17(18)19)11-15(14)21-9-7-5-2/h10-11,16H,4-9H2,1-3H3. The van der Waals surface area contributed by atoms with Crippen molar-refractivity contribution in [2.45, 2.75) is 39.5 Å². The quantitative estimate of drug-likeness (QED) is 0.401. The van der Waals surface area contributed by atoms with Gasteiger partial charge in [0.1, 0.15) is 5.69 Å². The Kier molecular flexibility index (Phi) is 7.36. The minimum absolute atomic E-state index is 0.00756. The number of hydrogen-bond acceptors (Lipinski definition) is 5. The molecular weight excluding hydrogens is 272 g/mol. The molecule has 6 heteroatoms. The molecule has 1 aromatic carbocycles. The summed E-state index contributed by atoms with van der Waals surface area (Å²) in [6.07, 6.45) is 3.86. The van der Waals surface area contributed by atoms with Gasteiger partial charge in [0.15, 0.2) is 11.5 Å². The first-order valence-electron chi connectivity index (χ1n) is 7.39. The number of anilines is 1. The molecule has 0 radical (unpaired) electrons. The van der Waals surface area contributed by atoms with Gasteiger partial charge in [-0.25, -0.2) is 0 Å². The van der Waals surface area contributed by atoms with E-state index in [1.165, 1.54) is 6.07 Å². The van der Waals surface area contributed by atoms with Crippen LogP contribution in [0, 0.1) is 10.1 Å². The van der Waals surface area contributed by atoms with Crippen LogP contribution in [0.2, 0.25) is 0 Å². The number of unbranched alkanes of at least 4 members (excludes halogenated alkanes) is 2. The first-order valence-corrected chi connectivity index (χ1v) is 7.39. The molecule has 0 aliphatic rings. The Morgan fingerprint density at radius 3 is 2.05 bits per heavy atom. The van der Waals surface area contributed by atoms with Crippen LogP contribution in [0.3, 0.4) is 0 Å². The van der Waals surface area contributed by atoms with Gasteiger partial charge in [-0.05, 0) is 12.8 Å². The Balaban J connectivity index is 3.01. The summed E-state index contributed by atoms with van der Waals surface area (Å²) in [4.78, 5) is 10.7. The van der Waals surface area contributed by atoms with E-state index in [0.717, 1.165) is 25.7 Å². The van der Waals surface area contributed by atoms with E-state index in [2.05, 4.69) is 19.2 Å². The maximum absolute atomic E-state index is 11.1. The van der Waals surface area contributed by atoms with Crippen molar-refractivity contribution in [2.24, 2.45) is 0 Å². The highest BCUT2D eigenvalue weighted by Gasteiger charge is 2.19. The monoisotopic (exact) mass is 296 g/mol. The first kappa shape index (κ1) is 17.1. The van der Waals surface area contributed by atoms with Crippen molar-refractivity contribution < 1.29 is 14.4 Å². The smallest absolute Gasteiger partial charge is 0.296 e. The van der Waals surface area contributed by atoms with E-state index in [9.17, 15) is 10.1 Å². The van der Waals surface area contributed by atoms with Crippen molar-refractivity contribution in [3.05, 3.63) is 22.2 Å². The molecule has 6 nitrogen and oxygen atoms in total. The van der Waals surface area contributed by atoms with Crippen LogP contribution in [-0.2, 0) is 0 Å². The molecule has 1 N–H and O–H groups in total. The van der Waals surface area contributed by atoms with Gasteiger partial charge in [0.05, 0.1) is 24.2 Å². The summed E-state index contributed by atoms with van der Waals surface area (Å²) in [6.45, 7) is 5.24. The maximum Gasteiger partial charge on any atom is 0.296 e. The van der Waals surface area contributed by atoms with Gasteiger partial charge in [0, 0.05) is 13.1 Å². The molecule has 0 aliphatic heterocycles. The lowest BCUT2D eigenvalue weighted by Gasteiger charge is -2.14. The number of ether oxygens (including phenoxy) is 2. The number of benzene rings is 1. The van der Waals surface area contributed by atoms with Crippen LogP contribution in [0.1, 0.15) is 39.5 Å². The molecule has 0 heterocycles. The molecule has 0 fully saturated rings. The van der Waals surface area contributed by atoms with Crippen LogP contribution < -0.4 is 14.8 Å². The average molecular weight is 296 g/mol. The Hall–Kier alpha value is -1.98. The Labute approximate surface area is 125 Å². The third-order valence-corrected chi connectivity index (χ3v) is 3.04. The van der Waals surface area contributed by atoms with Gasteiger partial charge >= 0.3 is 0 Å². The molecule has 0 amide bonds. The van der Waals surface area contributed by atoms with E-state index in [0.29, 0.717) is 30.4 Å². The van der Waals surface area contributed by atoms with E-state index in [1.807, 2.05) is 0 Å². The second-order valence-corrected chi connectivity index (χ2v) is 4.73. The fraction of sp³-hybridized carbons (Fsp3) is 0.600. The normalized spacial score (nSPS) is 10.2. The highest BCUT2D eigenvalue weighted by atomic mass is 16.6. The largest absolute Gasteiger partial charge is 0.490 e. The molecule has 0 spiro atoms. The average Bonchev–Trinajstić information content (AvgIpc) is 2.48. The van der Waals surface area contributed by atoms with Crippen LogP contribution in [0.25, 0.3) is 0 Å². The molecule has 0 saturated heterocycles. The molecule has 21 heavy (non-hydrogen) atoms. The van der Waals surface area contributed by atoms with Crippen LogP contribution in [0.5, 0.6) is 11.5 Å². The van der Waals surface area contributed by atoms with Gasteiger partial charge in [-0.3, -0.25) is 10.1 Å². The van der Waals surface area contributed by atoms with Gasteiger partial charge in [-0.15, -0.1) is 0 Å². The number of nitrogens with zero attached hydrogens (tertiary/aromatic N) is 1. The summed E-state index contributed by atoms with van der Waals surface area (Å²) < 4.78 is 11.3. The minimum atomic E-state index is -0.422. The zero-order valence-corrected chi connectivity index (χ0v) is 13.0. The van der Waals surface area contributed by atoms with Crippen molar-refractivity contribution in [1.82, 2.24) is 0 Å². The third kappa shape index (κ3) is 5.13. The van der Waals surface area contributed by atoms with E-state index in [1.54, 1.807) is 13.1 Å². The highest BCUT2D eigenvalue weighted by molar-refractivity contribution is 5.68. The van der Waals surface area contributed by atoms with Crippen LogP contribution in [0.4, 0.5) is 11.4 Å². The van der Waals surface area contributed by atoms with Crippen molar-refractivity contribution in [1.29, 1.82) is 0 Å². The van der Waals surface area contributed by atoms with Crippen LogP contribution in [-0.4, -0.2) is 25.2 Å². The molecule has 0 saturated carbocycles. The fourth-order valence-electron chi connectivity index (χ4n) is 1.78. The Morgan fingerprint density at radius 1 is 1.10 bits per heavy atom. The van der Waals surface area contributed by atoms with Gasteiger partial charge in [-0.1, -0.05) is 26.7 Å². The summed E-state index contributed by atoms with van der Waals surface area (Å²) in [6, 6.07) is 3.07. The zero-order chi connectivity index (χ0) is 15.7. The number of nitro benzene ring substituents is 1. The van der Waals surface area contributed by atoms with Crippen LogP contribution in [0.15, 0.2) is 12.1 Å². The lowest BCUT2D eigenvalue weighted by molar-refractivity contribution is -0.384. The summed E-state index contributed by atoms with van der Waals surface area (Å²) in [5, 5.41) is 13.9. The third-order valence-electron chi connectivity index (χ3n) is 3.04. The summed E-state index contributed by atoms with van der Waals surface area (Å²) in [5.41, 5.74) is 0.418. The number of nitrogens with one attached hydrogen (secondary N) is 1. The number of rotatable bonds is 10. The van der Waals surface area contributed by atoms with E-state index < -0.39 is 4.92 Å². The van der Waals surface area contributed by atoms with Gasteiger partial charge in [0.2, 0.25) is 0 Å². The molecule has 0 atom stereocenters. The predicted molar refractivity (Wildman–Crippen MR) is 83.4 cm³/mol. The molecule has 1 aromatic rings. The second kappa shape index (κ2) is 9.05. The lowest BCUT2D eigenvalue weighted by Crippen LogP contribution is -2.05. The van der Waals surface area contributed by atoms with E-state index in [-0.39, 0.29) is 5.69 Å². The van der Waals surface area contributed by atoms with Gasteiger partial charge in [0.25, 0.3) is 5.69 Å². The number of nitro groups is 1. The molecular formula is C15H24N2O4. The molecule has 0 aliphatic carbocycles. The summed E-state index contributed by atoms with van der Waals surface area (Å²) >= 11 is 0. The fourth-order valence-corrected chi connectivity index (χ4v) is 1.78. The SMILES string of the molecule is CCCCOc1cc(NC)c([N+](=O)[O-])cc1OCCCC. The molecule has 1 rings (SSSR count). The van der Waals surface area contributed by atoms with Crippen molar-refractivity contribution >= 4 is 11.4 Å². The summed E-state index contributed by atoms with van der Waals surface area (Å²) in [5.74, 6) is 0.986. The topological polar surface area (TPSA) is 73.6 Å². The van der Waals surface area contributed by atoms with E-state index in [4.69, 9.17) is 9.47 Å². The lowest BCUT2D eigenvalue weighted by atomic mass is 10.2. The van der Waals surface area contributed by atoms with Gasteiger partial charge in [-0.2, -0.15) is 0 Å². The molecule has 0 unspecified atom stereocenters. The molecule has 118 valence electrons.